The van der Waals surface area contributed by atoms with Crippen LogP contribution in [-0.2, 0) is 14.3 Å². The molecule has 0 aliphatic carbocycles. The molecule has 7 nitrogen and oxygen atoms in total. The van der Waals surface area contributed by atoms with Gasteiger partial charge in [0, 0.05) is 24.1 Å². The summed E-state index contributed by atoms with van der Waals surface area (Å²) in [5.74, 6) is -0.514. The van der Waals surface area contributed by atoms with Gasteiger partial charge in [0.05, 0.1) is 18.2 Å². The van der Waals surface area contributed by atoms with E-state index in [1.165, 1.54) is 23.3 Å². The van der Waals surface area contributed by atoms with Crippen molar-refractivity contribution in [2.24, 2.45) is 0 Å². The topological polar surface area (TPSA) is 85.3 Å². The summed E-state index contributed by atoms with van der Waals surface area (Å²) in [5, 5.41) is 12.9. The van der Waals surface area contributed by atoms with Crippen molar-refractivity contribution in [3.8, 4) is 11.5 Å². The number of thiophene rings is 1. The lowest BCUT2D eigenvalue weighted by Gasteiger charge is -2.24. The van der Waals surface area contributed by atoms with Crippen molar-refractivity contribution in [2.75, 3.05) is 27.1 Å². The zero-order chi connectivity index (χ0) is 19.8. The molecule has 1 amide bonds. The molecule has 0 spiro atoms. The maximum atomic E-state index is 12.8. The smallest absolute Gasteiger partial charge is 0.295 e. The fraction of sp³-hybridized carbons (Fsp3) is 0.300. The van der Waals surface area contributed by atoms with Gasteiger partial charge < -0.3 is 24.2 Å². The molecule has 8 heteroatoms. The van der Waals surface area contributed by atoms with Gasteiger partial charge in [-0.05, 0) is 42.1 Å². The maximum absolute atomic E-state index is 12.8. The minimum Gasteiger partial charge on any atom is -0.507 e. The lowest BCUT2D eigenvalue weighted by Crippen LogP contribution is -2.32. The summed E-state index contributed by atoms with van der Waals surface area (Å²) in [4.78, 5) is 27.8. The van der Waals surface area contributed by atoms with Crippen molar-refractivity contribution >= 4 is 28.8 Å². The first-order chi connectivity index (χ1) is 13.5. The SMILES string of the molecule is COCCN1C(=O)C(=O)/C(=C(\O)c2ccc3c(c2)OCO3)C1c1sccc1C. The zero-order valence-corrected chi connectivity index (χ0v) is 16.2. The van der Waals surface area contributed by atoms with E-state index in [4.69, 9.17) is 14.2 Å². The fourth-order valence-corrected chi connectivity index (χ4v) is 4.48. The number of methoxy groups -OCH3 is 1. The van der Waals surface area contributed by atoms with Gasteiger partial charge in [0.25, 0.3) is 11.7 Å². The number of likely N-dealkylation sites (tertiary alicyclic amines) is 1. The molecule has 0 saturated carbocycles. The molecule has 28 heavy (non-hydrogen) atoms. The van der Waals surface area contributed by atoms with Gasteiger partial charge in [-0.3, -0.25) is 9.59 Å². The molecule has 1 fully saturated rings. The van der Waals surface area contributed by atoms with Crippen LogP contribution in [0, 0.1) is 6.92 Å². The number of fused-ring (bicyclic) bond motifs is 1. The van der Waals surface area contributed by atoms with Crippen molar-refractivity contribution in [1.82, 2.24) is 4.90 Å². The van der Waals surface area contributed by atoms with E-state index in [0.717, 1.165) is 10.4 Å². The van der Waals surface area contributed by atoms with Gasteiger partial charge in [-0.25, -0.2) is 0 Å². The molecular formula is C20H19NO6S. The average molecular weight is 401 g/mol. The molecule has 2 aliphatic rings. The number of aliphatic hydroxyl groups is 1. The van der Waals surface area contributed by atoms with Gasteiger partial charge >= 0.3 is 0 Å². The number of hydrogen-bond donors (Lipinski definition) is 1. The third-order valence-corrected chi connectivity index (χ3v) is 5.94. The molecule has 0 radical (unpaired) electrons. The monoisotopic (exact) mass is 401 g/mol. The van der Waals surface area contributed by atoms with Crippen LogP contribution in [0.1, 0.15) is 22.0 Å². The maximum Gasteiger partial charge on any atom is 0.295 e. The zero-order valence-electron chi connectivity index (χ0n) is 15.4. The van der Waals surface area contributed by atoms with Crippen LogP contribution in [0.25, 0.3) is 5.76 Å². The quantitative estimate of drug-likeness (QED) is 0.471. The summed E-state index contributed by atoms with van der Waals surface area (Å²) < 4.78 is 15.8. The molecule has 146 valence electrons. The Kier molecular flexibility index (Phi) is 4.82. The lowest BCUT2D eigenvalue weighted by molar-refractivity contribution is -0.140. The largest absolute Gasteiger partial charge is 0.507 e. The highest BCUT2D eigenvalue weighted by molar-refractivity contribution is 7.10. The molecule has 2 aromatic rings. The Morgan fingerprint density at radius 1 is 1.29 bits per heavy atom. The number of benzene rings is 1. The summed E-state index contributed by atoms with van der Waals surface area (Å²) in [6.45, 7) is 2.57. The Morgan fingerprint density at radius 2 is 2.07 bits per heavy atom. The molecule has 2 aliphatic heterocycles. The normalized spacial score (nSPS) is 20.2. The van der Waals surface area contributed by atoms with Crippen LogP contribution in [0.15, 0.2) is 35.2 Å². The molecule has 1 aromatic heterocycles. The number of aliphatic hydroxyl groups excluding tert-OH is 1. The summed E-state index contributed by atoms with van der Waals surface area (Å²) in [5.41, 5.74) is 1.43. The summed E-state index contributed by atoms with van der Waals surface area (Å²) >= 11 is 1.45. The average Bonchev–Trinajstić information content (AvgIpc) is 3.38. The Balaban J connectivity index is 1.84. The van der Waals surface area contributed by atoms with Crippen molar-refractivity contribution in [1.29, 1.82) is 0 Å². The second-order valence-electron chi connectivity index (χ2n) is 6.52. The molecule has 4 rings (SSSR count). The van der Waals surface area contributed by atoms with Crippen molar-refractivity contribution < 1.29 is 28.9 Å². The number of ether oxygens (including phenoxy) is 3. The number of aryl methyl sites for hydroxylation is 1. The Hall–Kier alpha value is -2.84. The lowest BCUT2D eigenvalue weighted by atomic mass is 9.98. The molecule has 3 heterocycles. The van der Waals surface area contributed by atoms with E-state index in [-0.39, 0.29) is 31.3 Å². The Bertz CT molecular complexity index is 979. The van der Waals surface area contributed by atoms with E-state index in [1.807, 2.05) is 18.4 Å². The van der Waals surface area contributed by atoms with Gasteiger partial charge in [-0.2, -0.15) is 0 Å². The van der Waals surface area contributed by atoms with Crippen molar-refractivity contribution in [2.45, 2.75) is 13.0 Å². The van der Waals surface area contributed by atoms with Gasteiger partial charge in [0.1, 0.15) is 5.76 Å². The summed E-state index contributed by atoms with van der Waals surface area (Å²) in [7, 11) is 1.54. The van der Waals surface area contributed by atoms with Crippen LogP contribution in [0.3, 0.4) is 0 Å². The minimum atomic E-state index is -0.705. The van der Waals surface area contributed by atoms with Gasteiger partial charge in [-0.15, -0.1) is 11.3 Å². The molecule has 1 atom stereocenters. The van der Waals surface area contributed by atoms with Crippen molar-refractivity contribution in [3.05, 3.63) is 51.2 Å². The fourth-order valence-electron chi connectivity index (χ4n) is 3.44. The minimum absolute atomic E-state index is 0.0746. The predicted octanol–water partition coefficient (Wildman–Crippen LogP) is 2.85. The first kappa shape index (κ1) is 18.5. The van der Waals surface area contributed by atoms with Gasteiger partial charge in [0.15, 0.2) is 11.5 Å². The first-order valence-electron chi connectivity index (χ1n) is 8.74. The number of carbonyl (C=O) groups excluding carboxylic acids is 2. The number of hydrogen-bond acceptors (Lipinski definition) is 7. The highest BCUT2D eigenvalue weighted by Gasteiger charge is 2.46. The molecule has 1 aromatic carbocycles. The number of amides is 1. The number of ketones is 1. The predicted molar refractivity (Wildman–Crippen MR) is 103 cm³/mol. The van der Waals surface area contributed by atoms with Gasteiger partial charge in [-0.1, -0.05) is 0 Å². The van der Waals surface area contributed by atoms with E-state index < -0.39 is 17.7 Å². The number of carbonyl (C=O) groups is 2. The number of Topliss-reactive ketones (excluding diaryl/α,β-unsaturated/α-hetero) is 1. The van der Waals surface area contributed by atoms with E-state index in [2.05, 4.69) is 0 Å². The van der Waals surface area contributed by atoms with Crippen LogP contribution in [-0.4, -0.2) is 48.8 Å². The molecular weight excluding hydrogens is 382 g/mol. The van der Waals surface area contributed by atoms with E-state index in [1.54, 1.807) is 18.2 Å². The van der Waals surface area contributed by atoms with E-state index >= 15 is 0 Å². The van der Waals surface area contributed by atoms with Crippen LogP contribution >= 0.6 is 11.3 Å². The second-order valence-corrected chi connectivity index (χ2v) is 7.47. The number of nitrogens with zero attached hydrogens (tertiary/aromatic N) is 1. The highest BCUT2D eigenvalue weighted by atomic mass is 32.1. The molecule has 1 saturated heterocycles. The van der Waals surface area contributed by atoms with E-state index in [0.29, 0.717) is 17.1 Å². The van der Waals surface area contributed by atoms with Crippen LogP contribution in [0.4, 0.5) is 0 Å². The van der Waals surface area contributed by atoms with Crippen LogP contribution in [0.5, 0.6) is 11.5 Å². The van der Waals surface area contributed by atoms with Crippen molar-refractivity contribution in [3.63, 3.8) is 0 Å². The van der Waals surface area contributed by atoms with Crippen LogP contribution in [0.2, 0.25) is 0 Å². The first-order valence-corrected chi connectivity index (χ1v) is 9.62. The van der Waals surface area contributed by atoms with Gasteiger partial charge in [0.2, 0.25) is 6.79 Å². The Labute approximate surface area is 165 Å². The molecule has 1 unspecified atom stereocenters. The van der Waals surface area contributed by atoms with Crippen LogP contribution < -0.4 is 9.47 Å². The summed E-state index contributed by atoms with van der Waals surface area (Å²) in [6, 6.07) is 6.20. The third-order valence-electron chi connectivity index (χ3n) is 4.87. The summed E-state index contributed by atoms with van der Waals surface area (Å²) in [6.07, 6.45) is 0. The number of rotatable bonds is 5. The second kappa shape index (κ2) is 7.29. The molecule has 0 bridgehead atoms. The standard InChI is InChI=1S/C20H19NO6S/c1-11-5-8-28-19(11)16-15(18(23)20(24)21(16)6-7-25-2)17(22)12-3-4-13-14(9-12)27-10-26-13/h3-5,8-9,16,22H,6-7,10H2,1-2H3/b17-15-. The highest BCUT2D eigenvalue weighted by Crippen LogP contribution is 2.43. The Morgan fingerprint density at radius 3 is 2.79 bits per heavy atom. The molecule has 1 N–H and O–H groups in total. The van der Waals surface area contributed by atoms with E-state index in [9.17, 15) is 14.7 Å². The third kappa shape index (κ3) is 2.94.